The fraction of sp³-hybridized carbons (Fsp3) is 0.136. The average molecular weight is 428 g/mol. The van der Waals surface area contributed by atoms with Crippen LogP contribution in [-0.4, -0.2) is 21.4 Å². The number of hydrogen-bond acceptors (Lipinski definition) is 4. The van der Waals surface area contributed by atoms with E-state index in [1.54, 1.807) is 48.5 Å². The molecule has 0 aliphatic heterocycles. The van der Waals surface area contributed by atoms with E-state index in [1.165, 1.54) is 31.3 Å². The van der Waals surface area contributed by atoms with Crippen molar-refractivity contribution in [1.82, 2.24) is 10.0 Å². The lowest BCUT2D eigenvalue weighted by molar-refractivity contribution is 0.0946. The van der Waals surface area contributed by atoms with Crippen LogP contribution in [0.25, 0.3) is 0 Å². The van der Waals surface area contributed by atoms with E-state index >= 15 is 0 Å². The van der Waals surface area contributed by atoms with Crippen molar-refractivity contribution in [2.75, 3.05) is 7.05 Å². The van der Waals surface area contributed by atoms with Crippen LogP contribution in [0.15, 0.2) is 77.7 Å². The molecule has 0 aromatic heterocycles. The first-order valence-corrected chi connectivity index (χ1v) is 10.6. The summed E-state index contributed by atoms with van der Waals surface area (Å²) in [5.41, 5.74) is 1.76. The van der Waals surface area contributed by atoms with Crippen molar-refractivity contribution < 1.29 is 22.3 Å². The third-order valence-corrected chi connectivity index (χ3v) is 5.78. The Bertz CT molecular complexity index is 1130. The van der Waals surface area contributed by atoms with Crippen molar-refractivity contribution >= 4 is 15.9 Å². The molecule has 0 saturated heterocycles. The van der Waals surface area contributed by atoms with E-state index in [2.05, 4.69) is 10.0 Å². The summed E-state index contributed by atoms with van der Waals surface area (Å²) < 4.78 is 44.9. The minimum atomic E-state index is -3.56. The van der Waals surface area contributed by atoms with E-state index in [9.17, 15) is 17.6 Å². The third kappa shape index (κ3) is 5.43. The molecule has 0 fully saturated rings. The van der Waals surface area contributed by atoms with Crippen LogP contribution < -0.4 is 14.8 Å². The third-order valence-electron chi connectivity index (χ3n) is 4.37. The summed E-state index contributed by atoms with van der Waals surface area (Å²) in [6.07, 6.45) is 0. The minimum Gasteiger partial charge on any atom is -0.488 e. The Kier molecular flexibility index (Phi) is 6.81. The molecule has 1 amide bonds. The second-order valence-corrected chi connectivity index (χ2v) is 8.34. The van der Waals surface area contributed by atoms with Crippen LogP contribution in [-0.2, 0) is 23.2 Å². The summed E-state index contributed by atoms with van der Waals surface area (Å²) in [5, 5.41) is 2.77. The van der Waals surface area contributed by atoms with Crippen LogP contribution in [0.2, 0.25) is 0 Å². The molecule has 0 saturated carbocycles. The first-order valence-electron chi connectivity index (χ1n) is 9.16. The number of carbonyl (C=O) groups is 1. The van der Waals surface area contributed by atoms with E-state index in [4.69, 9.17) is 4.74 Å². The summed E-state index contributed by atoms with van der Waals surface area (Å²) in [6, 6.07) is 19.0. The number of para-hydroxylation sites is 1. The molecular weight excluding hydrogens is 407 g/mol. The van der Waals surface area contributed by atoms with Gasteiger partial charge in [0.2, 0.25) is 10.0 Å². The van der Waals surface area contributed by atoms with Crippen LogP contribution in [0.3, 0.4) is 0 Å². The molecule has 0 spiro atoms. The Labute approximate surface area is 174 Å². The molecule has 6 nitrogen and oxygen atoms in total. The van der Waals surface area contributed by atoms with Crippen molar-refractivity contribution in [2.24, 2.45) is 0 Å². The molecule has 0 unspecified atom stereocenters. The number of benzene rings is 3. The summed E-state index contributed by atoms with van der Waals surface area (Å²) in [4.78, 5) is 12.8. The van der Waals surface area contributed by atoms with Crippen LogP contribution in [0.1, 0.15) is 21.5 Å². The van der Waals surface area contributed by atoms with Gasteiger partial charge >= 0.3 is 0 Å². The molecule has 0 aliphatic carbocycles. The lowest BCUT2D eigenvalue weighted by Crippen LogP contribution is -2.24. The Morgan fingerprint density at radius 1 is 0.967 bits per heavy atom. The molecule has 0 atom stereocenters. The highest BCUT2D eigenvalue weighted by atomic mass is 32.2. The van der Waals surface area contributed by atoms with E-state index in [1.807, 2.05) is 0 Å². The maximum Gasteiger partial charge on any atom is 0.255 e. The van der Waals surface area contributed by atoms with Gasteiger partial charge < -0.3 is 10.1 Å². The molecule has 0 bridgehead atoms. The van der Waals surface area contributed by atoms with E-state index in [0.29, 0.717) is 16.9 Å². The Balaban J connectivity index is 1.67. The molecular formula is C22H21FN2O4S. The second-order valence-electron chi connectivity index (χ2n) is 6.45. The number of amides is 1. The highest BCUT2D eigenvalue weighted by molar-refractivity contribution is 7.89. The number of ether oxygens (including phenoxy) is 1. The Morgan fingerprint density at radius 3 is 2.43 bits per heavy atom. The van der Waals surface area contributed by atoms with Gasteiger partial charge in [0.05, 0.1) is 10.5 Å². The van der Waals surface area contributed by atoms with Crippen LogP contribution in [0.5, 0.6) is 5.75 Å². The lowest BCUT2D eigenvalue weighted by atomic mass is 10.1. The smallest absolute Gasteiger partial charge is 0.255 e. The van der Waals surface area contributed by atoms with Gasteiger partial charge in [0.15, 0.2) is 0 Å². The van der Waals surface area contributed by atoms with Crippen molar-refractivity contribution in [1.29, 1.82) is 0 Å². The van der Waals surface area contributed by atoms with Crippen LogP contribution in [0, 0.1) is 5.82 Å². The van der Waals surface area contributed by atoms with Gasteiger partial charge in [-0.05, 0) is 54.6 Å². The molecule has 3 aromatic rings. The SMILES string of the molecule is CNS(=O)(=O)c1cccc(CNC(=O)c2ccccc2OCc2ccc(F)cc2)c1. The monoisotopic (exact) mass is 428 g/mol. The standard InChI is InChI=1S/C22H21FN2O4S/c1-24-30(27,28)19-6-4-5-17(13-19)14-25-22(26)20-7-2-3-8-21(20)29-15-16-9-11-18(23)12-10-16/h2-13,24H,14-15H2,1H3,(H,25,26). The fourth-order valence-corrected chi connectivity index (χ4v) is 3.54. The van der Waals surface area contributed by atoms with E-state index < -0.39 is 10.0 Å². The van der Waals surface area contributed by atoms with Gasteiger partial charge in [-0.1, -0.05) is 36.4 Å². The highest BCUT2D eigenvalue weighted by Crippen LogP contribution is 2.20. The summed E-state index contributed by atoms with van der Waals surface area (Å²) in [6.45, 7) is 0.340. The zero-order chi connectivity index (χ0) is 21.6. The number of rotatable bonds is 8. The first kappa shape index (κ1) is 21.5. The van der Waals surface area contributed by atoms with Gasteiger partial charge in [-0.2, -0.15) is 0 Å². The quantitative estimate of drug-likeness (QED) is 0.577. The van der Waals surface area contributed by atoms with Crippen molar-refractivity contribution in [3.05, 3.63) is 95.3 Å². The average Bonchev–Trinajstić information content (AvgIpc) is 2.77. The fourth-order valence-electron chi connectivity index (χ4n) is 2.74. The molecule has 2 N–H and O–H groups in total. The van der Waals surface area contributed by atoms with Gasteiger partial charge in [0, 0.05) is 6.54 Å². The zero-order valence-electron chi connectivity index (χ0n) is 16.3. The lowest BCUT2D eigenvalue weighted by Gasteiger charge is -2.12. The van der Waals surface area contributed by atoms with Crippen LogP contribution in [0.4, 0.5) is 4.39 Å². The molecule has 0 radical (unpaired) electrons. The predicted molar refractivity (Wildman–Crippen MR) is 111 cm³/mol. The molecule has 156 valence electrons. The molecule has 8 heteroatoms. The van der Waals surface area contributed by atoms with Crippen molar-refractivity contribution in [3.63, 3.8) is 0 Å². The largest absolute Gasteiger partial charge is 0.488 e. The molecule has 0 aliphatic rings. The van der Waals surface area contributed by atoms with Gasteiger partial charge in [0.1, 0.15) is 18.2 Å². The first-order chi connectivity index (χ1) is 14.4. The number of hydrogen-bond donors (Lipinski definition) is 2. The van der Waals surface area contributed by atoms with Crippen LogP contribution >= 0.6 is 0 Å². The topological polar surface area (TPSA) is 84.5 Å². The Morgan fingerprint density at radius 2 is 1.70 bits per heavy atom. The number of carbonyl (C=O) groups excluding carboxylic acids is 1. The van der Waals surface area contributed by atoms with E-state index in [-0.39, 0.29) is 29.8 Å². The number of sulfonamides is 1. The number of halogens is 1. The van der Waals surface area contributed by atoms with Gasteiger partial charge in [0.25, 0.3) is 5.91 Å². The van der Waals surface area contributed by atoms with Crippen molar-refractivity contribution in [2.45, 2.75) is 18.0 Å². The van der Waals surface area contributed by atoms with Gasteiger partial charge in [-0.25, -0.2) is 17.5 Å². The predicted octanol–water partition coefficient (Wildman–Crippen LogP) is 3.24. The van der Waals surface area contributed by atoms with E-state index in [0.717, 1.165) is 5.56 Å². The zero-order valence-corrected chi connectivity index (χ0v) is 17.1. The van der Waals surface area contributed by atoms with Gasteiger partial charge in [-0.3, -0.25) is 4.79 Å². The number of nitrogens with one attached hydrogen (secondary N) is 2. The molecule has 0 heterocycles. The molecule has 30 heavy (non-hydrogen) atoms. The van der Waals surface area contributed by atoms with Crippen molar-refractivity contribution in [3.8, 4) is 5.75 Å². The normalized spacial score (nSPS) is 11.1. The molecule has 3 aromatic carbocycles. The maximum atomic E-state index is 13.0. The molecule has 3 rings (SSSR count). The maximum absolute atomic E-state index is 13.0. The summed E-state index contributed by atoms with van der Waals surface area (Å²) in [5.74, 6) is -0.289. The minimum absolute atomic E-state index is 0.125. The summed E-state index contributed by atoms with van der Waals surface area (Å²) in [7, 11) is -2.22. The van der Waals surface area contributed by atoms with Gasteiger partial charge in [-0.15, -0.1) is 0 Å². The second kappa shape index (κ2) is 9.51. The summed E-state index contributed by atoms with van der Waals surface area (Å²) >= 11 is 0. The highest BCUT2D eigenvalue weighted by Gasteiger charge is 2.14. The Hall–Kier alpha value is -3.23.